The van der Waals surface area contributed by atoms with Crippen molar-refractivity contribution < 1.29 is 23.9 Å². The van der Waals surface area contributed by atoms with Crippen LogP contribution in [0.2, 0.25) is 0 Å². The summed E-state index contributed by atoms with van der Waals surface area (Å²) in [5.74, 6) is -0.724. The average molecular weight is 312 g/mol. The number of hydrogen-bond donors (Lipinski definition) is 0. The van der Waals surface area contributed by atoms with Crippen LogP contribution in [0.25, 0.3) is 0 Å². The topological polar surface area (TPSA) is 69.7 Å². The Labute approximate surface area is 132 Å². The largest absolute Gasteiger partial charge is 0.457 e. The quantitative estimate of drug-likeness (QED) is 0.705. The number of rotatable bonds is 6. The van der Waals surface area contributed by atoms with E-state index in [1.54, 1.807) is 13.8 Å². The molecule has 1 fully saturated rings. The van der Waals surface area contributed by atoms with Gasteiger partial charge < -0.3 is 9.47 Å². The van der Waals surface area contributed by atoms with E-state index in [1.807, 2.05) is 20.8 Å². The van der Waals surface area contributed by atoms with E-state index in [4.69, 9.17) is 9.47 Å². The molecule has 0 spiro atoms. The van der Waals surface area contributed by atoms with Crippen LogP contribution < -0.4 is 0 Å². The van der Waals surface area contributed by atoms with Crippen molar-refractivity contribution in [3.8, 4) is 0 Å². The van der Waals surface area contributed by atoms with Crippen molar-refractivity contribution >= 4 is 17.7 Å². The molecule has 0 N–H and O–H groups in total. The summed E-state index contributed by atoms with van der Waals surface area (Å²) in [6.07, 6.45) is 3.41. The molecule has 5 nitrogen and oxygen atoms in total. The number of ether oxygens (including phenoxy) is 2. The highest BCUT2D eigenvalue weighted by molar-refractivity contribution is 5.80. The lowest BCUT2D eigenvalue weighted by Crippen LogP contribution is -2.40. The minimum atomic E-state index is -0.722. The first-order chi connectivity index (χ1) is 10.1. The van der Waals surface area contributed by atoms with E-state index in [-0.39, 0.29) is 18.3 Å². The summed E-state index contributed by atoms with van der Waals surface area (Å²) in [4.78, 5) is 35.3. The van der Waals surface area contributed by atoms with Gasteiger partial charge in [0.25, 0.3) is 0 Å². The first-order valence-electron chi connectivity index (χ1n) is 7.99. The Morgan fingerprint density at radius 2 is 1.86 bits per heavy atom. The minimum Gasteiger partial charge on any atom is -0.457 e. The molecule has 0 radical (unpaired) electrons. The highest BCUT2D eigenvalue weighted by Crippen LogP contribution is 2.33. The fraction of sp³-hybridized carbons (Fsp3) is 0.824. The smallest absolute Gasteiger partial charge is 0.344 e. The lowest BCUT2D eigenvalue weighted by Gasteiger charge is -2.35. The molecule has 0 aromatic carbocycles. The summed E-state index contributed by atoms with van der Waals surface area (Å²) < 4.78 is 10.5. The van der Waals surface area contributed by atoms with Crippen LogP contribution in [-0.2, 0) is 23.9 Å². The highest BCUT2D eigenvalue weighted by atomic mass is 16.6. The van der Waals surface area contributed by atoms with Crippen LogP contribution >= 0.6 is 0 Å². The summed E-state index contributed by atoms with van der Waals surface area (Å²) in [7, 11) is 0. The van der Waals surface area contributed by atoms with Gasteiger partial charge in [-0.15, -0.1) is 0 Å². The van der Waals surface area contributed by atoms with Crippen LogP contribution in [0.5, 0.6) is 0 Å². The van der Waals surface area contributed by atoms with E-state index < -0.39 is 23.0 Å². The predicted molar refractivity (Wildman–Crippen MR) is 82.2 cm³/mol. The predicted octanol–water partition coefficient (Wildman–Crippen LogP) is 3.05. The molecule has 22 heavy (non-hydrogen) atoms. The molecule has 1 aliphatic rings. The molecular weight excluding hydrogens is 284 g/mol. The van der Waals surface area contributed by atoms with Gasteiger partial charge in [-0.05, 0) is 47.0 Å². The molecule has 1 rings (SSSR count). The van der Waals surface area contributed by atoms with Crippen LogP contribution in [0, 0.1) is 11.3 Å². The zero-order chi connectivity index (χ0) is 17.0. The lowest BCUT2D eigenvalue weighted by molar-refractivity contribution is -0.176. The van der Waals surface area contributed by atoms with Gasteiger partial charge in [0.1, 0.15) is 11.4 Å². The molecule has 1 aliphatic carbocycles. The molecule has 0 heterocycles. The molecule has 0 aliphatic heterocycles. The van der Waals surface area contributed by atoms with Gasteiger partial charge in [-0.25, -0.2) is 4.79 Å². The van der Waals surface area contributed by atoms with Crippen molar-refractivity contribution in [3.63, 3.8) is 0 Å². The Morgan fingerprint density at radius 1 is 1.23 bits per heavy atom. The number of hydrogen-bond acceptors (Lipinski definition) is 5. The average Bonchev–Trinajstić information content (AvgIpc) is 2.44. The zero-order valence-corrected chi connectivity index (χ0v) is 14.4. The summed E-state index contributed by atoms with van der Waals surface area (Å²) in [5, 5.41) is 0. The summed E-state index contributed by atoms with van der Waals surface area (Å²) >= 11 is 0. The van der Waals surface area contributed by atoms with Gasteiger partial charge in [-0.3, -0.25) is 9.59 Å². The first kappa shape index (κ1) is 18.7. The van der Waals surface area contributed by atoms with Crippen LogP contribution in [0.3, 0.4) is 0 Å². The zero-order valence-electron chi connectivity index (χ0n) is 14.4. The monoisotopic (exact) mass is 312 g/mol. The summed E-state index contributed by atoms with van der Waals surface area (Å²) in [5.41, 5.74) is -1.33. The molecule has 1 atom stereocenters. The fourth-order valence-corrected chi connectivity index (χ4v) is 2.49. The maximum atomic E-state index is 11.9. The third-order valence-electron chi connectivity index (χ3n) is 4.60. The SMILES string of the molecule is CCC(C)(C)C(=O)OCC(=O)OC(C)(C)C1CCCC(=O)C1. The number of esters is 2. The van der Waals surface area contributed by atoms with Crippen LogP contribution in [0.15, 0.2) is 0 Å². The molecule has 0 amide bonds. The molecule has 1 unspecified atom stereocenters. The molecule has 0 saturated heterocycles. The Balaban J connectivity index is 2.50. The van der Waals surface area contributed by atoms with Gasteiger partial charge in [0.15, 0.2) is 6.61 Å². The van der Waals surface area contributed by atoms with Crippen molar-refractivity contribution in [2.75, 3.05) is 6.61 Å². The third-order valence-corrected chi connectivity index (χ3v) is 4.60. The Morgan fingerprint density at radius 3 is 2.41 bits per heavy atom. The van der Waals surface area contributed by atoms with E-state index in [2.05, 4.69) is 0 Å². The molecule has 0 bridgehead atoms. The lowest BCUT2D eigenvalue weighted by atomic mass is 9.78. The van der Waals surface area contributed by atoms with E-state index in [0.717, 1.165) is 12.8 Å². The van der Waals surface area contributed by atoms with Gasteiger partial charge in [-0.1, -0.05) is 6.92 Å². The van der Waals surface area contributed by atoms with Crippen molar-refractivity contribution in [1.29, 1.82) is 0 Å². The second-order valence-corrected chi connectivity index (χ2v) is 7.22. The highest BCUT2D eigenvalue weighted by Gasteiger charge is 2.37. The number of ketones is 1. The third kappa shape index (κ3) is 5.11. The molecule has 5 heteroatoms. The maximum absolute atomic E-state index is 11.9. The van der Waals surface area contributed by atoms with Crippen molar-refractivity contribution in [3.05, 3.63) is 0 Å². The molecule has 0 aromatic rings. The van der Waals surface area contributed by atoms with Gasteiger partial charge >= 0.3 is 11.9 Å². The Kier molecular flexibility index (Phi) is 6.15. The standard InChI is InChI=1S/C17H28O5/c1-6-16(2,3)15(20)21-11-14(19)22-17(4,5)12-8-7-9-13(18)10-12/h12H,6-11H2,1-5H3. The molecule has 126 valence electrons. The van der Waals surface area contributed by atoms with Gasteiger partial charge in [-0.2, -0.15) is 0 Å². The Hall–Kier alpha value is -1.39. The van der Waals surface area contributed by atoms with Crippen LogP contribution in [0.1, 0.15) is 66.7 Å². The Bertz CT molecular complexity index is 436. The number of carbonyl (C=O) groups is 3. The second kappa shape index (κ2) is 7.25. The normalized spacial score (nSPS) is 19.7. The number of carbonyl (C=O) groups excluding carboxylic acids is 3. The number of Topliss-reactive ketones (excluding diaryl/α,β-unsaturated/α-hetero) is 1. The van der Waals surface area contributed by atoms with Gasteiger partial charge in [0.2, 0.25) is 0 Å². The van der Waals surface area contributed by atoms with Gasteiger partial charge in [0.05, 0.1) is 5.41 Å². The van der Waals surface area contributed by atoms with E-state index in [0.29, 0.717) is 19.3 Å². The first-order valence-corrected chi connectivity index (χ1v) is 7.99. The van der Waals surface area contributed by atoms with Crippen molar-refractivity contribution in [2.24, 2.45) is 11.3 Å². The van der Waals surface area contributed by atoms with Crippen LogP contribution in [-0.4, -0.2) is 29.9 Å². The molecule has 1 saturated carbocycles. The van der Waals surface area contributed by atoms with Crippen molar-refractivity contribution in [2.45, 2.75) is 72.3 Å². The summed E-state index contributed by atoms with van der Waals surface area (Å²) in [6, 6.07) is 0. The van der Waals surface area contributed by atoms with E-state index >= 15 is 0 Å². The van der Waals surface area contributed by atoms with E-state index in [9.17, 15) is 14.4 Å². The van der Waals surface area contributed by atoms with Gasteiger partial charge in [0, 0.05) is 18.8 Å². The maximum Gasteiger partial charge on any atom is 0.344 e. The molecule has 0 aromatic heterocycles. The molecular formula is C17H28O5. The fourth-order valence-electron chi connectivity index (χ4n) is 2.49. The van der Waals surface area contributed by atoms with Crippen LogP contribution in [0.4, 0.5) is 0 Å². The minimum absolute atomic E-state index is 0.0282. The second-order valence-electron chi connectivity index (χ2n) is 7.22. The van der Waals surface area contributed by atoms with Crippen molar-refractivity contribution in [1.82, 2.24) is 0 Å². The summed E-state index contributed by atoms with van der Waals surface area (Å²) in [6.45, 7) is 8.68. The van der Waals surface area contributed by atoms with E-state index in [1.165, 1.54) is 0 Å².